The van der Waals surface area contributed by atoms with Gasteiger partial charge in [-0.25, -0.2) is 0 Å². The highest BCUT2D eigenvalue weighted by molar-refractivity contribution is 6.05. The lowest BCUT2D eigenvalue weighted by Crippen LogP contribution is -2.14. The highest BCUT2D eigenvalue weighted by Crippen LogP contribution is 2.27. The standard InChI is InChI=1S/C18H22N2O/c1-4-12(2)15-7-5-6-8-17(15)20-18(21)14-10-9-13(3)16(19)11-14/h5-12H,4,19H2,1-3H3,(H,20,21)/t12-/m1/s1. The number of hydrogen-bond acceptors (Lipinski definition) is 2. The van der Waals surface area contributed by atoms with Crippen molar-refractivity contribution in [1.82, 2.24) is 0 Å². The molecule has 1 atom stereocenters. The molecule has 0 fully saturated rings. The minimum atomic E-state index is -0.127. The number of carbonyl (C=O) groups is 1. The van der Waals surface area contributed by atoms with Crippen molar-refractivity contribution in [3.63, 3.8) is 0 Å². The van der Waals surface area contributed by atoms with Gasteiger partial charge in [0.2, 0.25) is 0 Å². The van der Waals surface area contributed by atoms with Crippen molar-refractivity contribution >= 4 is 17.3 Å². The van der Waals surface area contributed by atoms with Crippen LogP contribution in [0.15, 0.2) is 42.5 Å². The fraction of sp³-hybridized carbons (Fsp3) is 0.278. The Kier molecular flexibility index (Phi) is 4.63. The molecule has 1 amide bonds. The first-order valence-corrected chi connectivity index (χ1v) is 7.29. The molecule has 0 bridgehead atoms. The Morgan fingerprint density at radius 2 is 1.95 bits per heavy atom. The molecule has 21 heavy (non-hydrogen) atoms. The van der Waals surface area contributed by atoms with Crippen molar-refractivity contribution in [3.8, 4) is 0 Å². The molecule has 0 saturated carbocycles. The molecule has 0 aromatic heterocycles. The Morgan fingerprint density at radius 3 is 2.62 bits per heavy atom. The lowest BCUT2D eigenvalue weighted by Gasteiger charge is -2.16. The van der Waals surface area contributed by atoms with Crippen LogP contribution in [0, 0.1) is 6.92 Å². The summed E-state index contributed by atoms with van der Waals surface area (Å²) < 4.78 is 0. The average molecular weight is 282 g/mol. The minimum Gasteiger partial charge on any atom is -0.398 e. The number of benzene rings is 2. The van der Waals surface area contributed by atoms with Gasteiger partial charge in [-0.1, -0.05) is 38.1 Å². The van der Waals surface area contributed by atoms with E-state index in [1.54, 1.807) is 12.1 Å². The number of rotatable bonds is 4. The van der Waals surface area contributed by atoms with Crippen LogP contribution in [0.2, 0.25) is 0 Å². The Labute approximate surface area is 126 Å². The van der Waals surface area contributed by atoms with E-state index in [2.05, 4.69) is 25.2 Å². The molecule has 0 aliphatic carbocycles. The first-order chi connectivity index (χ1) is 10.0. The van der Waals surface area contributed by atoms with Crippen molar-refractivity contribution in [1.29, 1.82) is 0 Å². The second-order valence-electron chi connectivity index (χ2n) is 5.42. The van der Waals surface area contributed by atoms with E-state index in [0.717, 1.165) is 23.2 Å². The van der Waals surface area contributed by atoms with Gasteiger partial charge in [-0.15, -0.1) is 0 Å². The van der Waals surface area contributed by atoms with Crippen LogP contribution in [0.4, 0.5) is 11.4 Å². The van der Waals surface area contributed by atoms with E-state index >= 15 is 0 Å². The van der Waals surface area contributed by atoms with Crippen LogP contribution in [0.5, 0.6) is 0 Å². The number of aryl methyl sites for hydroxylation is 1. The third-order valence-electron chi connectivity index (χ3n) is 3.89. The van der Waals surface area contributed by atoms with E-state index in [9.17, 15) is 4.79 Å². The van der Waals surface area contributed by atoms with Crippen molar-refractivity contribution in [2.45, 2.75) is 33.1 Å². The molecule has 0 radical (unpaired) electrons. The number of carbonyl (C=O) groups excluding carboxylic acids is 1. The van der Waals surface area contributed by atoms with Crippen LogP contribution in [0.3, 0.4) is 0 Å². The van der Waals surface area contributed by atoms with E-state index in [4.69, 9.17) is 5.73 Å². The Balaban J connectivity index is 2.25. The summed E-state index contributed by atoms with van der Waals surface area (Å²) in [6, 6.07) is 13.3. The van der Waals surface area contributed by atoms with Gasteiger partial charge >= 0.3 is 0 Å². The zero-order valence-electron chi connectivity index (χ0n) is 12.8. The van der Waals surface area contributed by atoms with E-state index < -0.39 is 0 Å². The molecule has 110 valence electrons. The highest BCUT2D eigenvalue weighted by atomic mass is 16.1. The molecule has 2 aromatic rings. The number of nitrogens with two attached hydrogens (primary N) is 1. The van der Waals surface area contributed by atoms with E-state index in [1.165, 1.54) is 0 Å². The van der Waals surface area contributed by atoms with Crippen molar-refractivity contribution in [3.05, 3.63) is 59.2 Å². The molecule has 0 saturated heterocycles. The Hall–Kier alpha value is -2.29. The third kappa shape index (κ3) is 3.43. The van der Waals surface area contributed by atoms with E-state index in [-0.39, 0.29) is 5.91 Å². The van der Waals surface area contributed by atoms with Crippen LogP contribution >= 0.6 is 0 Å². The van der Waals surface area contributed by atoms with Crippen LogP contribution in [0.25, 0.3) is 0 Å². The van der Waals surface area contributed by atoms with E-state index in [1.807, 2.05) is 31.2 Å². The largest absolute Gasteiger partial charge is 0.398 e. The predicted molar refractivity (Wildman–Crippen MR) is 88.7 cm³/mol. The van der Waals surface area contributed by atoms with Gasteiger partial charge in [0, 0.05) is 16.9 Å². The third-order valence-corrected chi connectivity index (χ3v) is 3.89. The van der Waals surface area contributed by atoms with Gasteiger partial charge in [-0.05, 0) is 48.6 Å². The van der Waals surface area contributed by atoms with Crippen LogP contribution < -0.4 is 11.1 Å². The number of nitrogens with one attached hydrogen (secondary N) is 1. The Morgan fingerprint density at radius 1 is 1.24 bits per heavy atom. The number of hydrogen-bond donors (Lipinski definition) is 2. The maximum absolute atomic E-state index is 12.4. The smallest absolute Gasteiger partial charge is 0.255 e. The second kappa shape index (κ2) is 6.44. The Bertz CT molecular complexity index is 649. The number of nitrogen functional groups attached to an aromatic ring is 1. The summed E-state index contributed by atoms with van der Waals surface area (Å²) in [5.41, 5.74) is 10.1. The number of para-hydroxylation sites is 1. The summed E-state index contributed by atoms with van der Waals surface area (Å²) in [4.78, 5) is 12.4. The molecule has 0 heterocycles. The molecule has 2 aromatic carbocycles. The van der Waals surface area contributed by atoms with Crippen LogP contribution in [-0.2, 0) is 0 Å². The zero-order chi connectivity index (χ0) is 15.4. The molecule has 3 N–H and O–H groups in total. The highest BCUT2D eigenvalue weighted by Gasteiger charge is 2.12. The summed E-state index contributed by atoms with van der Waals surface area (Å²) in [5, 5.41) is 2.99. The predicted octanol–water partition coefficient (Wildman–Crippen LogP) is 4.34. The molecular formula is C18H22N2O. The van der Waals surface area contributed by atoms with Crippen molar-refractivity contribution < 1.29 is 4.79 Å². The molecular weight excluding hydrogens is 260 g/mol. The minimum absolute atomic E-state index is 0.127. The molecule has 0 spiro atoms. The molecule has 0 aliphatic heterocycles. The lowest BCUT2D eigenvalue weighted by atomic mass is 9.96. The topological polar surface area (TPSA) is 55.1 Å². The summed E-state index contributed by atoms with van der Waals surface area (Å²) in [7, 11) is 0. The first-order valence-electron chi connectivity index (χ1n) is 7.29. The van der Waals surface area contributed by atoms with Gasteiger partial charge in [0.15, 0.2) is 0 Å². The SMILES string of the molecule is CC[C@@H](C)c1ccccc1NC(=O)c1ccc(C)c(N)c1. The molecule has 2 rings (SSSR count). The maximum atomic E-state index is 12.4. The van der Waals surface area contributed by atoms with Gasteiger partial charge < -0.3 is 11.1 Å². The maximum Gasteiger partial charge on any atom is 0.255 e. The van der Waals surface area contributed by atoms with Gasteiger partial charge in [0.05, 0.1) is 0 Å². The summed E-state index contributed by atoms with van der Waals surface area (Å²) >= 11 is 0. The number of amides is 1. The van der Waals surface area contributed by atoms with Gasteiger partial charge in [0.1, 0.15) is 0 Å². The quantitative estimate of drug-likeness (QED) is 0.819. The van der Waals surface area contributed by atoms with Crippen molar-refractivity contribution in [2.75, 3.05) is 11.1 Å². The monoisotopic (exact) mass is 282 g/mol. The van der Waals surface area contributed by atoms with Crippen LogP contribution in [0.1, 0.15) is 47.7 Å². The summed E-state index contributed by atoms with van der Waals surface area (Å²) in [6.07, 6.45) is 1.03. The normalized spacial score (nSPS) is 12.0. The number of anilines is 2. The molecule has 0 aliphatic rings. The van der Waals surface area contributed by atoms with Gasteiger partial charge in [-0.2, -0.15) is 0 Å². The summed E-state index contributed by atoms with van der Waals surface area (Å²) in [6.45, 7) is 6.23. The fourth-order valence-electron chi connectivity index (χ4n) is 2.24. The van der Waals surface area contributed by atoms with Gasteiger partial charge in [-0.3, -0.25) is 4.79 Å². The zero-order valence-corrected chi connectivity index (χ0v) is 12.8. The van der Waals surface area contributed by atoms with Crippen molar-refractivity contribution in [2.24, 2.45) is 0 Å². The fourth-order valence-corrected chi connectivity index (χ4v) is 2.24. The second-order valence-corrected chi connectivity index (χ2v) is 5.42. The lowest BCUT2D eigenvalue weighted by molar-refractivity contribution is 0.102. The molecule has 3 heteroatoms. The first kappa shape index (κ1) is 15.1. The molecule has 0 unspecified atom stereocenters. The van der Waals surface area contributed by atoms with Gasteiger partial charge in [0.25, 0.3) is 5.91 Å². The average Bonchev–Trinajstić information content (AvgIpc) is 2.49. The van der Waals surface area contributed by atoms with E-state index in [0.29, 0.717) is 17.2 Å². The van der Waals surface area contributed by atoms with Crippen LogP contribution in [-0.4, -0.2) is 5.91 Å². The summed E-state index contributed by atoms with van der Waals surface area (Å²) in [5.74, 6) is 0.280. The molecule has 3 nitrogen and oxygen atoms in total.